The first-order chi connectivity index (χ1) is 11.8. The lowest BCUT2D eigenvalue weighted by Crippen LogP contribution is -2.40. The third-order valence-corrected chi connectivity index (χ3v) is 4.70. The van der Waals surface area contributed by atoms with Gasteiger partial charge in [0.25, 0.3) is 0 Å². The van der Waals surface area contributed by atoms with E-state index in [-0.39, 0.29) is 17.9 Å². The molecule has 2 unspecified atom stereocenters. The standard InChI is InChI=1S/C20H39N3O2/c1-7-9-19(14-16(3)8-2)10-12-21-20(25)15-22-17(4)11-13-23(6)18(5)24/h17,19,22H,3,7-15H2,1-2,4-6H3,(H,21,25). The van der Waals surface area contributed by atoms with Crippen molar-refractivity contribution in [1.82, 2.24) is 15.5 Å². The van der Waals surface area contributed by atoms with E-state index >= 15 is 0 Å². The van der Waals surface area contributed by atoms with E-state index in [1.807, 2.05) is 6.92 Å². The lowest BCUT2D eigenvalue weighted by atomic mass is 9.91. The highest BCUT2D eigenvalue weighted by Gasteiger charge is 2.11. The van der Waals surface area contributed by atoms with Gasteiger partial charge in [0, 0.05) is 33.1 Å². The van der Waals surface area contributed by atoms with Gasteiger partial charge in [0.15, 0.2) is 0 Å². The first-order valence-corrected chi connectivity index (χ1v) is 9.68. The van der Waals surface area contributed by atoms with Gasteiger partial charge in [0.05, 0.1) is 6.54 Å². The van der Waals surface area contributed by atoms with Crippen LogP contribution in [0.25, 0.3) is 0 Å². The van der Waals surface area contributed by atoms with Gasteiger partial charge in [0.1, 0.15) is 0 Å². The second-order valence-corrected chi connectivity index (χ2v) is 7.11. The van der Waals surface area contributed by atoms with Crippen LogP contribution in [0.2, 0.25) is 0 Å². The number of nitrogens with zero attached hydrogens (tertiary/aromatic N) is 1. The molecule has 0 saturated heterocycles. The van der Waals surface area contributed by atoms with Crippen molar-refractivity contribution < 1.29 is 9.59 Å². The Balaban J connectivity index is 3.94. The highest BCUT2D eigenvalue weighted by molar-refractivity contribution is 5.78. The minimum Gasteiger partial charge on any atom is -0.355 e. The summed E-state index contributed by atoms with van der Waals surface area (Å²) in [7, 11) is 1.79. The topological polar surface area (TPSA) is 61.4 Å². The molecule has 0 saturated carbocycles. The fourth-order valence-electron chi connectivity index (χ4n) is 2.70. The molecular formula is C20H39N3O2. The smallest absolute Gasteiger partial charge is 0.233 e. The Morgan fingerprint density at radius 3 is 2.40 bits per heavy atom. The summed E-state index contributed by atoms with van der Waals surface area (Å²) in [4.78, 5) is 24.8. The Kier molecular flexibility index (Phi) is 13.1. The molecule has 2 atom stereocenters. The van der Waals surface area contributed by atoms with E-state index in [1.165, 1.54) is 18.4 Å². The number of rotatable bonds is 14. The molecule has 0 aromatic rings. The largest absolute Gasteiger partial charge is 0.355 e. The molecule has 0 heterocycles. The molecule has 0 aliphatic heterocycles. The van der Waals surface area contributed by atoms with E-state index in [1.54, 1.807) is 18.9 Å². The third kappa shape index (κ3) is 12.6. The van der Waals surface area contributed by atoms with Crippen LogP contribution in [0, 0.1) is 5.92 Å². The van der Waals surface area contributed by atoms with Crippen LogP contribution in [0.15, 0.2) is 12.2 Å². The Hall–Kier alpha value is -1.36. The van der Waals surface area contributed by atoms with Gasteiger partial charge >= 0.3 is 0 Å². The Morgan fingerprint density at radius 1 is 1.16 bits per heavy atom. The van der Waals surface area contributed by atoms with Gasteiger partial charge in [0.2, 0.25) is 11.8 Å². The van der Waals surface area contributed by atoms with Crippen molar-refractivity contribution in [1.29, 1.82) is 0 Å². The second-order valence-electron chi connectivity index (χ2n) is 7.11. The molecule has 0 aromatic carbocycles. The summed E-state index contributed by atoms with van der Waals surface area (Å²) in [5.74, 6) is 0.723. The molecule has 0 aromatic heterocycles. The van der Waals surface area contributed by atoms with E-state index < -0.39 is 0 Å². The van der Waals surface area contributed by atoms with Crippen LogP contribution in [0.4, 0.5) is 0 Å². The van der Waals surface area contributed by atoms with Crippen LogP contribution in [0.5, 0.6) is 0 Å². The normalized spacial score (nSPS) is 13.2. The maximum Gasteiger partial charge on any atom is 0.233 e. The fraction of sp³-hybridized carbons (Fsp3) is 0.800. The number of hydrogen-bond donors (Lipinski definition) is 2. The summed E-state index contributed by atoms with van der Waals surface area (Å²) in [6.45, 7) is 13.8. The van der Waals surface area contributed by atoms with E-state index in [0.29, 0.717) is 19.0 Å². The summed E-state index contributed by atoms with van der Waals surface area (Å²) < 4.78 is 0. The lowest BCUT2D eigenvalue weighted by Gasteiger charge is -2.19. The van der Waals surface area contributed by atoms with Crippen LogP contribution in [0.3, 0.4) is 0 Å². The zero-order chi connectivity index (χ0) is 19.2. The van der Waals surface area contributed by atoms with Gasteiger partial charge in [-0.3, -0.25) is 9.59 Å². The summed E-state index contributed by atoms with van der Waals surface area (Å²) >= 11 is 0. The second kappa shape index (κ2) is 13.9. The molecule has 0 spiro atoms. The van der Waals surface area contributed by atoms with Gasteiger partial charge in [-0.05, 0) is 38.5 Å². The quantitative estimate of drug-likeness (QED) is 0.472. The summed E-state index contributed by atoms with van der Waals surface area (Å²) in [6.07, 6.45) is 6.31. The summed E-state index contributed by atoms with van der Waals surface area (Å²) in [5.41, 5.74) is 1.30. The molecule has 2 amide bonds. The highest BCUT2D eigenvalue weighted by atomic mass is 16.2. The van der Waals surface area contributed by atoms with Gasteiger partial charge in [-0.15, -0.1) is 0 Å². The number of amides is 2. The van der Waals surface area contributed by atoms with Crippen molar-refractivity contribution in [3.63, 3.8) is 0 Å². The molecule has 0 bridgehead atoms. The molecule has 2 N–H and O–H groups in total. The first kappa shape index (κ1) is 23.6. The van der Waals surface area contributed by atoms with Crippen molar-refractivity contribution in [3.8, 4) is 0 Å². The first-order valence-electron chi connectivity index (χ1n) is 9.68. The summed E-state index contributed by atoms with van der Waals surface area (Å²) in [6, 6.07) is 0.202. The predicted molar refractivity (Wildman–Crippen MR) is 105 cm³/mol. The van der Waals surface area contributed by atoms with E-state index in [4.69, 9.17) is 0 Å². The molecule has 5 nitrogen and oxygen atoms in total. The monoisotopic (exact) mass is 353 g/mol. The Morgan fingerprint density at radius 2 is 1.84 bits per heavy atom. The van der Waals surface area contributed by atoms with Crippen molar-refractivity contribution in [2.24, 2.45) is 5.92 Å². The van der Waals surface area contributed by atoms with E-state index in [0.717, 1.165) is 32.2 Å². The minimum absolute atomic E-state index is 0.0383. The molecule has 0 aliphatic rings. The number of nitrogens with one attached hydrogen (secondary N) is 2. The van der Waals surface area contributed by atoms with Crippen LogP contribution >= 0.6 is 0 Å². The van der Waals surface area contributed by atoms with E-state index in [9.17, 15) is 9.59 Å². The molecule has 0 aliphatic carbocycles. The molecule has 0 radical (unpaired) electrons. The van der Waals surface area contributed by atoms with Gasteiger partial charge in [-0.25, -0.2) is 0 Å². The molecule has 25 heavy (non-hydrogen) atoms. The average molecular weight is 354 g/mol. The Bertz CT molecular complexity index is 410. The molecule has 0 rings (SSSR count). The van der Waals surface area contributed by atoms with Crippen molar-refractivity contribution in [2.45, 2.75) is 72.3 Å². The highest BCUT2D eigenvalue weighted by Crippen LogP contribution is 2.20. The molecule has 146 valence electrons. The lowest BCUT2D eigenvalue weighted by molar-refractivity contribution is -0.127. The average Bonchev–Trinajstić information content (AvgIpc) is 2.57. The summed E-state index contributed by atoms with van der Waals surface area (Å²) in [5, 5.41) is 6.22. The molecule has 5 heteroatoms. The van der Waals surface area contributed by atoms with Crippen molar-refractivity contribution in [3.05, 3.63) is 12.2 Å². The zero-order valence-electron chi connectivity index (χ0n) is 17.0. The van der Waals surface area contributed by atoms with Crippen LogP contribution in [0.1, 0.15) is 66.2 Å². The number of carbonyl (C=O) groups excluding carboxylic acids is 2. The van der Waals surface area contributed by atoms with Gasteiger partial charge in [-0.1, -0.05) is 38.8 Å². The minimum atomic E-state index is 0.0383. The van der Waals surface area contributed by atoms with E-state index in [2.05, 4.69) is 31.1 Å². The van der Waals surface area contributed by atoms with Gasteiger partial charge in [-0.2, -0.15) is 0 Å². The van der Waals surface area contributed by atoms with Crippen LogP contribution in [-0.2, 0) is 9.59 Å². The van der Waals surface area contributed by atoms with Crippen LogP contribution < -0.4 is 10.6 Å². The van der Waals surface area contributed by atoms with Crippen molar-refractivity contribution >= 4 is 11.8 Å². The number of carbonyl (C=O) groups is 2. The Labute approximate surface area is 154 Å². The number of allylic oxidation sites excluding steroid dienone is 1. The molecule has 0 fully saturated rings. The van der Waals surface area contributed by atoms with Crippen molar-refractivity contribution in [2.75, 3.05) is 26.7 Å². The predicted octanol–water partition coefficient (Wildman–Crippen LogP) is 3.11. The fourth-order valence-corrected chi connectivity index (χ4v) is 2.70. The maximum absolute atomic E-state index is 12.0. The zero-order valence-corrected chi connectivity index (χ0v) is 17.0. The SMILES string of the molecule is C=C(CC)CC(CCC)CCNC(=O)CNC(C)CCN(C)C(C)=O. The van der Waals surface area contributed by atoms with Crippen LogP contribution in [-0.4, -0.2) is 49.4 Å². The third-order valence-electron chi connectivity index (χ3n) is 4.70. The van der Waals surface area contributed by atoms with Gasteiger partial charge < -0.3 is 15.5 Å². The number of hydrogen-bond acceptors (Lipinski definition) is 3. The molecular weight excluding hydrogens is 314 g/mol. The maximum atomic E-state index is 12.0.